The predicted octanol–water partition coefficient (Wildman–Crippen LogP) is 3.28. The molecule has 0 atom stereocenters. The first-order chi connectivity index (χ1) is 7.85. The van der Waals surface area contributed by atoms with Crippen molar-refractivity contribution in [1.29, 1.82) is 0 Å². The fourth-order valence-electron chi connectivity index (χ4n) is 1.25. The predicted molar refractivity (Wildman–Crippen MR) is 67.0 cm³/mol. The van der Waals surface area contributed by atoms with Crippen molar-refractivity contribution in [3.8, 4) is 5.75 Å². The van der Waals surface area contributed by atoms with Crippen LogP contribution in [0, 0.1) is 0 Å². The van der Waals surface area contributed by atoms with Gasteiger partial charge in [-0.05, 0) is 32.9 Å². The minimum absolute atomic E-state index is 0.00161. The Morgan fingerprint density at radius 1 is 1.41 bits per heavy atom. The second kappa shape index (κ2) is 4.91. The van der Waals surface area contributed by atoms with E-state index in [0.29, 0.717) is 5.69 Å². The summed E-state index contributed by atoms with van der Waals surface area (Å²) in [5.41, 5.74) is -0.250. The molecule has 1 aromatic carbocycles. The largest absolute Gasteiger partial charge is 0.506 e. The number of benzene rings is 1. The monoisotopic (exact) mass is 235 g/mol. The van der Waals surface area contributed by atoms with Crippen molar-refractivity contribution in [2.24, 2.45) is 0 Å². The molecule has 1 aromatic rings. The van der Waals surface area contributed by atoms with Crippen LogP contribution in [0.15, 0.2) is 37.0 Å². The molecule has 0 saturated carbocycles. The molecule has 0 heterocycles. The Kier molecular flexibility index (Phi) is 3.78. The highest BCUT2D eigenvalue weighted by molar-refractivity contribution is 5.91. The van der Waals surface area contributed by atoms with Gasteiger partial charge in [-0.2, -0.15) is 0 Å². The highest BCUT2D eigenvalue weighted by atomic mass is 16.6. The summed E-state index contributed by atoms with van der Waals surface area (Å²) in [6.45, 7) is 8.87. The van der Waals surface area contributed by atoms with Gasteiger partial charge in [0.25, 0.3) is 0 Å². The lowest BCUT2D eigenvalue weighted by molar-refractivity contribution is 0.0596. The summed E-state index contributed by atoms with van der Waals surface area (Å²) in [5.74, 6) is -0.00161. The van der Waals surface area contributed by atoms with Crippen LogP contribution in [0.2, 0.25) is 0 Å². The first-order valence-electron chi connectivity index (χ1n) is 5.28. The lowest BCUT2D eigenvalue weighted by atomic mass is 10.2. The maximum absolute atomic E-state index is 11.9. The van der Waals surface area contributed by atoms with Crippen LogP contribution in [0.3, 0.4) is 0 Å². The number of hydrogen-bond acceptors (Lipinski definition) is 3. The number of carbonyl (C=O) groups is 1. The Bertz CT molecular complexity index is 421. The Morgan fingerprint density at radius 3 is 2.47 bits per heavy atom. The molecule has 0 aliphatic carbocycles. The summed E-state index contributed by atoms with van der Waals surface area (Å²) in [4.78, 5) is 13.0. The average molecular weight is 235 g/mol. The van der Waals surface area contributed by atoms with E-state index < -0.39 is 11.7 Å². The Labute approximate surface area is 101 Å². The molecule has 0 radical (unpaired) electrons. The van der Waals surface area contributed by atoms with Crippen molar-refractivity contribution in [2.45, 2.75) is 26.4 Å². The molecule has 17 heavy (non-hydrogen) atoms. The number of rotatable bonds is 2. The van der Waals surface area contributed by atoms with Crippen molar-refractivity contribution in [3.05, 3.63) is 37.0 Å². The number of para-hydroxylation sites is 2. The Balaban J connectivity index is 2.97. The van der Waals surface area contributed by atoms with E-state index in [2.05, 4.69) is 6.58 Å². The van der Waals surface area contributed by atoms with Gasteiger partial charge in [0.1, 0.15) is 11.4 Å². The highest BCUT2D eigenvalue weighted by Gasteiger charge is 2.22. The fourth-order valence-corrected chi connectivity index (χ4v) is 1.25. The first kappa shape index (κ1) is 13.1. The lowest BCUT2D eigenvalue weighted by Gasteiger charge is -2.25. The molecule has 0 fully saturated rings. The van der Waals surface area contributed by atoms with Crippen LogP contribution in [-0.4, -0.2) is 16.8 Å². The molecular weight excluding hydrogens is 218 g/mol. The van der Waals surface area contributed by atoms with E-state index in [1.165, 1.54) is 17.2 Å². The van der Waals surface area contributed by atoms with Gasteiger partial charge < -0.3 is 9.84 Å². The van der Waals surface area contributed by atoms with E-state index in [1.54, 1.807) is 39.0 Å². The summed E-state index contributed by atoms with van der Waals surface area (Å²) < 4.78 is 5.20. The summed E-state index contributed by atoms with van der Waals surface area (Å²) >= 11 is 0. The molecule has 0 aliphatic heterocycles. The fraction of sp³-hybridized carbons (Fsp3) is 0.308. The van der Waals surface area contributed by atoms with E-state index in [0.717, 1.165) is 0 Å². The van der Waals surface area contributed by atoms with Gasteiger partial charge in [0.2, 0.25) is 0 Å². The number of aromatic hydroxyl groups is 1. The molecule has 0 unspecified atom stereocenters. The number of amides is 1. The molecule has 0 spiro atoms. The van der Waals surface area contributed by atoms with Crippen molar-refractivity contribution in [3.63, 3.8) is 0 Å². The standard InChI is InChI=1S/C13H17NO3/c1-5-14(12(16)17-13(2,3)4)10-8-6-7-9-11(10)15/h5-9,15H,1H2,2-4H3. The Hall–Kier alpha value is -1.97. The third kappa shape index (κ3) is 3.52. The van der Waals surface area contributed by atoms with Crippen LogP contribution in [0.1, 0.15) is 20.8 Å². The van der Waals surface area contributed by atoms with Crippen molar-refractivity contribution < 1.29 is 14.6 Å². The van der Waals surface area contributed by atoms with Crippen LogP contribution < -0.4 is 4.90 Å². The normalized spacial score (nSPS) is 10.8. The molecule has 0 bridgehead atoms. The maximum atomic E-state index is 11.9. The minimum Gasteiger partial charge on any atom is -0.506 e. The second-order valence-electron chi connectivity index (χ2n) is 4.52. The van der Waals surface area contributed by atoms with Crippen LogP contribution in [0.4, 0.5) is 10.5 Å². The van der Waals surface area contributed by atoms with Crippen molar-refractivity contribution >= 4 is 11.8 Å². The van der Waals surface area contributed by atoms with Gasteiger partial charge in [0, 0.05) is 6.20 Å². The summed E-state index contributed by atoms with van der Waals surface area (Å²) in [5, 5.41) is 9.66. The molecular formula is C13H17NO3. The zero-order valence-corrected chi connectivity index (χ0v) is 10.3. The molecule has 0 aromatic heterocycles. The minimum atomic E-state index is -0.595. The first-order valence-corrected chi connectivity index (χ1v) is 5.28. The number of hydrogen-bond donors (Lipinski definition) is 1. The molecule has 1 N–H and O–H groups in total. The maximum Gasteiger partial charge on any atom is 0.419 e. The zero-order valence-electron chi connectivity index (χ0n) is 10.3. The number of phenols is 1. The molecule has 1 rings (SSSR count). The van der Waals surface area contributed by atoms with E-state index in [9.17, 15) is 9.90 Å². The molecule has 4 nitrogen and oxygen atoms in total. The molecule has 92 valence electrons. The lowest BCUT2D eigenvalue weighted by Crippen LogP contribution is -2.33. The van der Waals surface area contributed by atoms with Crippen LogP contribution >= 0.6 is 0 Å². The van der Waals surface area contributed by atoms with Crippen molar-refractivity contribution in [1.82, 2.24) is 0 Å². The number of carbonyl (C=O) groups excluding carboxylic acids is 1. The average Bonchev–Trinajstić information content (AvgIpc) is 2.19. The number of ether oxygens (including phenoxy) is 1. The van der Waals surface area contributed by atoms with Crippen LogP contribution in [-0.2, 0) is 4.74 Å². The van der Waals surface area contributed by atoms with Crippen molar-refractivity contribution in [2.75, 3.05) is 4.90 Å². The third-order valence-corrected chi connectivity index (χ3v) is 1.91. The number of nitrogens with zero attached hydrogens (tertiary/aromatic N) is 1. The van der Waals surface area contributed by atoms with Gasteiger partial charge in [-0.1, -0.05) is 18.7 Å². The van der Waals surface area contributed by atoms with Gasteiger partial charge >= 0.3 is 6.09 Å². The SMILES string of the molecule is C=CN(C(=O)OC(C)(C)C)c1ccccc1O. The molecule has 1 amide bonds. The smallest absolute Gasteiger partial charge is 0.419 e. The summed E-state index contributed by atoms with van der Waals surface area (Å²) in [6.07, 6.45) is 0.734. The number of phenolic OH excluding ortho intramolecular Hbond substituents is 1. The third-order valence-electron chi connectivity index (χ3n) is 1.91. The number of anilines is 1. The van der Waals surface area contributed by atoms with E-state index in [1.807, 2.05) is 0 Å². The zero-order chi connectivity index (χ0) is 13.1. The van der Waals surface area contributed by atoms with E-state index in [4.69, 9.17) is 4.74 Å². The Morgan fingerprint density at radius 2 is 2.00 bits per heavy atom. The summed E-state index contributed by atoms with van der Waals surface area (Å²) in [6, 6.07) is 6.50. The van der Waals surface area contributed by atoms with Gasteiger partial charge in [-0.3, -0.25) is 4.90 Å². The van der Waals surface area contributed by atoms with Gasteiger partial charge in [0.05, 0.1) is 5.69 Å². The van der Waals surface area contributed by atoms with E-state index in [-0.39, 0.29) is 5.75 Å². The quantitative estimate of drug-likeness (QED) is 0.855. The molecule has 0 aliphatic rings. The van der Waals surface area contributed by atoms with Crippen LogP contribution in [0.25, 0.3) is 0 Å². The summed E-state index contributed by atoms with van der Waals surface area (Å²) in [7, 11) is 0. The van der Waals surface area contributed by atoms with Gasteiger partial charge in [-0.25, -0.2) is 4.79 Å². The molecule has 0 saturated heterocycles. The second-order valence-corrected chi connectivity index (χ2v) is 4.52. The molecule has 4 heteroatoms. The highest BCUT2D eigenvalue weighted by Crippen LogP contribution is 2.27. The van der Waals surface area contributed by atoms with E-state index >= 15 is 0 Å². The van der Waals surface area contributed by atoms with Crippen LogP contribution in [0.5, 0.6) is 5.75 Å². The topological polar surface area (TPSA) is 49.8 Å². The van der Waals surface area contributed by atoms with Gasteiger partial charge in [-0.15, -0.1) is 0 Å². The van der Waals surface area contributed by atoms with Gasteiger partial charge in [0.15, 0.2) is 0 Å².